The van der Waals surface area contributed by atoms with Crippen LogP contribution < -0.4 is 0 Å². The molecule has 1 heterocycles. The summed E-state index contributed by atoms with van der Waals surface area (Å²) in [5.74, 6) is 5.72. The summed E-state index contributed by atoms with van der Waals surface area (Å²) in [6, 6.07) is 0.0337. The molecule has 0 N–H and O–H groups in total. The van der Waals surface area contributed by atoms with Crippen molar-refractivity contribution in [2.75, 3.05) is 5.88 Å². The second-order valence-electron chi connectivity index (χ2n) is 3.70. The number of hydrogen-bond acceptors (Lipinski definition) is 3. The van der Waals surface area contributed by atoms with Gasteiger partial charge in [0.25, 0.3) is 0 Å². The first-order valence-corrected chi connectivity index (χ1v) is 7.64. The van der Waals surface area contributed by atoms with Crippen LogP contribution in [-0.4, -0.2) is 27.7 Å². The Morgan fingerprint density at radius 1 is 1.72 bits per heavy atom. The number of amides is 1. The van der Waals surface area contributed by atoms with Gasteiger partial charge in [0.1, 0.15) is 15.5 Å². The molecule has 0 saturated carbocycles. The van der Waals surface area contributed by atoms with E-state index in [4.69, 9.17) is 11.6 Å². The van der Waals surface area contributed by atoms with Crippen LogP contribution in [0, 0.1) is 11.8 Å². The predicted octanol–water partition coefficient (Wildman–Crippen LogP) is 3.27. The molecule has 1 rings (SSSR count). The van der Waals surface area contributed by atoms with Gasteiger partial charge in [-0.3, -0.25) is 4.79 Å². The number of rotatable bonds is 5. The Morgan fingerprint density at radius 2 is 2.44 bits per heavy atom. The summed E-state index contributed by atoms with van der Waals surface area (Å²) in [7, 11) is 0. The summed E-state index contributed by atoms with van der Waals surface area (Å²) >= 11 is 10.5. The Kier molecular flexibility index (Phi) is 6.69. The van der Waals surface area contributed by atoms with Crippen molar-refractivity contribution in [2.45, 2.75) is 32.9 Å². The monoisotopic (exact) mass is 348 g/mol. The van der Waals surface area contributed by atoms with Crippen molar-refractivity contribution in [3.63, 3.8) is 0 Å². The fraction of sp³-hybridized carbons (Fsp3) is 0.500. The first-order chi connectivity index (χ1) is 8.58. The molecule has 0 bridgehead atoms. The van der Waals surface area contributed by atoms with Crippen LogP contribution in [0.4, 0.5) is 0 Å². The van der Waals surface area contributed by atoms with E-state index in [1.807, 2.05) is 12.3 Å². The minimum absolute atomic E-state index is 0.0174. The first-order valence-electron chi connectivity index (χ1n) is 5.43. The van der Waals surface area contributed by atoms with E-state index < -0.39 is 0 Å². The van der Waals surface area contributed by atoms with Gasteiger partial charge in [0, 0.05) is 17.8 Å². The molecule has 6 heteroatoms. The topological polar surface area (TPSA) is 33.2 Å². The Bertz CT molecular complexity index is 466. The van der Waals surface area contributed by atoms with Gasteiger partial charge in [-0.25, -0.2) is 4.98 Å². The summed E-state index contributed by atoms with van der Waals surface area (Å²) in [6.07, 6.45) is 0.645. The van der Waals surface area contributed by atoms with Crippen molar-refractivity contribution in [1.29, 1.82) is 0 Å². The smallest absolute Gasteiger partial charge is 0.238 e. The van der Waals surface area contributed by atoms with Gasteiger partial charge in [0.05, 0.1) is 6.54 Å². The van der Waals surface area contributed by atoms with Crippen LogP contribution in [0.15, 0.2) is 9.98 Å². The van der Waals surface area contributed by atoms with Gasteiger partial charge in [-0.15, -0.1) is 34.8 Å². The van der Waals surface area contributed by atoms with Gasteiger partial charge in [0.2, 0.25) is 5.91 Å². The van der Waals surface area contributed by atoms with Gasteiger partial charge >= 0.3 is 0 Å². The molecule has 18 heavy (non-hydrogen) atoms. The maximum Gasteiger partial charge on any atom is 0.238 e. The number of carbonyl (C=O) groups excluding carboxylic acids is 1. The Balaban J connectivity index is 2.77. The SMILES string of the molecule is CC#CCC(C)N(Cc1nc(Br)cs1)C(=O)CCl. The van der Waals surface area contributed by atoms with Crippen molar-refractivity contribution in [1.82, 2.24) is 9.88 Å². The molecule has 0 fully saturated rings. The van der Waals surface area contributed by atoms with E-state index in [0.717, 1.165) is 9.61 Å². The van der Waals surface area contributed by atoms with E-state index in [1.165, 1.54) is 11.3 Å². The molecule has 1 amide bonds. The second kappa shape index (κ2) is 7.78. The van der Waals surface area contributed by atoms with Crippen LogP contribution in [0.2, 0.25) is 0 Å². The minimum Gasteiger partial charge on any atom is -0.331 e. The summed E-state index contributed by atoms with van der Waals surface area (Å²) < 4.78 is 0.793. The third kappa shape index (κ3) is 4.60. The summed E-state index contributed by atoms with van der Waals surface area (Å²) in [5.41, 5.74) is 0. The van der Waals surface area contributed by atoms with Crippen LogP contribution in [0.3, 0.4) is 0 Å². The van der Waals surface area contributed by atoms with E-state index in [-0.39, 0.29) is 17.8 Å². The standard InChI is InChI=1S/C12H14BrClN2OS/c1-3-4-5-9(2)16(12(17)6-14)7-11-15-10(13)8-18-11/h8-9H,5-7H2,1-2H3. The van der Waals surface area contributed by atoms with Gasteiger partial charge in [-0.1, -0.05) is 0 Å². The Labute approximate surface area is 125 Å². The van der Waals surface area contributed by atoms with Crippen LogP contribution in [-0.2, 0) is 11.3 Å². The number of aromatic nitrogens is 1. The molecule has 0 aliphatic rings. The molecule has 3 nitrogen and oxygen atoms in total. The molecule has 0 aliphatic heterocycles. The summed E-state index contributed by atoms with van der Waals surface area (Å²) in [6.45, 7) is 4.24. The Morgan fingerprint density at radius 3 is 2.94 bits per heavy atom. The molecule has 0 radical (unpaired) electrons. The third-order valence-electron chi connectivity index (χ3n) is 2.37. The van der Waals surface area contributed by atoms with Crippen molar-refractivity contribution >= 4 is 44.8 Å². The van der Waals surface area contributed by atoms with E-state index >= 15 is 0 Å². The van der Waals surface area contributed by atoms with Crippen molar-refractivity contribution < 1.29 is 4.79 Å². The largest absolute Gasteiger partial charge is 0.331 e. The number of hydrogen-bond donors (Lipinski definition) is 0. The van der Waals surface area contributed by atoms with Gasteiger partial charge < -0.3 is 4.90 Å². The normalized spacial score (nSPS) is 11.6. The van der Waals surface area contributed by atoms with E-state index in [1.54, 1.807) is 11.8 Å². The predicted molar refractivity (Wildman–Crippen MR) is 78.6 cm³/mol. The lowest BCUT2D eigenvalue weighted by Gasteiger charge is -2.26. The lowest BCUT2D eigenvalue weighted by atomic mass is 10.2. The van der Waals surface area contributed by atoms with E-state index in [0.29, 0.717) is 13.0 Å². The lowest BCUT2D eigenvalue weighted by molar-refractivity contribution is -0.131. The highest BCUT2D eigenvalue weighted by molar-refractivity contribution is 9.10. The summed E-state index contributed by atoms with van der Waals surface area (Å²) in [5, 5.41) is 2.78. The third-order valence-corrected chi connectivity index (χ3v) is 4.14. The zero-order chi connectivity index (χ0) is 13.5. The highest BCUT2D eigenvalue weighted by atomic mass is 79.9. The minimum atomic E-state index is -0.0895. The van der Waals surface area contributed by atoms with Crippen LogP contribution >= 0.6 is 38.9 Å². The molecule has 0 spiro atoms. The maximum absolute atomic E-state index is 11.8. The van der Waals surface area contributed by atoms with Gasteiger partial charge in [0.15, 0.2) is 0 Å². The molecule has 0 aromatic carbocycles. The molecule has 0 saturated heterocycles. The fourth-order valence-electron chi connectivity index (χ4n) is 1.43. The Hall–Kier alpha value is -0.570. The number of halogens is 2. The molecule has 1 atom stereocenters. The van der Waals surface area contributed by atoms with Gasteiger partial charge in [-0.2, -0.15) is 0 Å². The highest BCUT2D eigenvalue weighted by Crippen LogP contribution is 2.18. The molecular formula is C12H14BrClN2OS. The molecular weight excluding hydrogens is 336 g/mol. The number of nitrogens with zero attached hydrogens (tertiary/aromatic N) is 2. The number of alkyl halides is 1. The molecule has 1 aromatic rings. The second-order valence-corrected chi connectivity index (χ2v) is 5.72. The van der Waals surface area contributed by atoms with Crippen molar-refractivity contribution in [3.8, 4) is 11.8 Å². The van der Waals surface area contributed by atoms with Crippen molar-refractivity contribution in [2.24, 2.45) is 0 Å². The maximum atomic E-state index is 11.8. The van der Waals surface area contributed by atoms with E-state index in [2.05, 4.69) is 32.8 Å². The average molecular weight is 350 g/mol. The highest BCUT2D eigenvalue weighted by Gasteiger charge is 2.20. The molecule has 1 aromatic heterocycles. The van der Waals surface area contributed by atoms with Crippen molar-refractivity contribution in [3.05, 3.63) is 15.0 Å². The molecule has 0 aliphatic carbocycles. The molecule has 98 valence electrons. The van der Waals surface area contributed by atoms with Gasteiger partial charge in [-0.05, 0) is 29.8 Å². The van der Waals surface area contributed by atoms with Crippen LogP contribution in [0.5, 0.6) is 0 Å². The zero-order valence-corrected chi connectivity index (χ0v) is 13.4. The summed E-state index contributed by atoms with van der Waals surface area (Å²) in [4.78, 5) is 17.9. The number of carbonyl (C=O) groups is 1. The average Bonchev–Trinajstić information content (AvgIpc) is 2.77. The zero-order valence-electron chi connectivity index (χ0n) is 10.2. The quantitative estimate of drug-likeness (QED) is 0.604. The van der Waals surface area contributed by atoms with Crippen LogP contribution in [0.1, 0.15) is 25.3 Å². The van der Waals surface area contributed by atoms with Crippen LogP contribution in [0.25, 0.3) is 0 Å². The van der Waals surface area contributed by atoms with E-state index in [9.17, 15) is 4.79 Å². The number of thiazole rings is 1. The molecule has 1 unspecified atom stereocenters. The fourth-order valence-corrected chi connectivity index (χ4v) is 2.85. The lowest BCUT2D eigenvalue weighted by Crippen LogP contribution is -2.38. The first kappa shape index (κ1) is 15.5.